The standard InChI is InChI=1S/C17H24N2O6/c1-3-11(2)14(15(21)18-13(9-20)16(22)23)19-17(24)25-10-12-7-5-4-6-8-12/h4-8,11,13-14,20H,3,9-10H2,1-2H3,(H,18,21)(H,19,24)(H,22,23)/t11-,13+,14-/m1/s1. The summed E-state index contributed by atoms with van der Waals surface area (Å²) >= 11 is 0. The molecule has 0 spiro atoms. The number of hydrogen-bond donors (Lipinski definition) is 4. The van der Waals surface area contributed by atoms with E-state index in [1.807, 2.05) is 25.1 Å². The second kappa shape index (κ2) is 10.3. The highest BCUT2D eigenvalue weighted by atomic mass is 16.5. The lowest BCUT2D eigenvalue weighted by molar-refractivity contribution is -0.143. The summed E-state index contributed by atoms with van der Waals surface area (Å²) in [5.41, 5.74) is 0.799. The Labute approximate surface area is 146 Å². The fourth-order valence-corrected chi connectivity index (χ4v) is 2.04. The molecule has 0 aliphatic heterocycles. The Balaban J connectivity index is 2.66. The van der Waals surface area contributed by atoms with E-state index in [2.05, 4.69) is 10.6 Å². The first-order valence-electron chi connectivity index (χ1n) is 8.00. The van der Waals surface area contributed by atoms with Gasteiger partial charge in [0.2, 0.25) is 5.91 Å². The number of hydrogen-bond acceptors (Lipinski definition) is 5. The number of carboxylic acids is 1. The Bertz CT molecular complexity index is 578. The van der Waals surface area contributed by atoms with E-state index in [0.29, 0.717) is 6.42 Å². The summed E-state index contributed by atoms with van der Waals surface area (Å²) in [6.45, 7) is 2.89. The number of amides is 2. The number of aliphatic carboxylic acids is 1. The first kappa shape index (κ1) is 20.4. The summed E-state index contributed by atoms with van der Waals surface area (Å²) in [4.78, 5) is 35.2. The van der Waals surface area contributed by atoms with E-state index in [4.69, 9.17) is 14.9 Å². The van der Waals surface area contributed by atoms with Crippen LogP contribution in [0, 0.1) is 5.92 Å². The molecule has 1 rings (SSSR count). The topological polar surface area (TPSA) is 125 Å². The van der Waals surface area contributed by atoms with Gasteiger partial charge in [-0.2, -0.15) is 0 Å². The van der Waals surface area contributed by atoms with Crippen molar-refractivity contribution in [3.8, 4) is 0 Å². The minimum Gasteiger partial charge on any atom is -0.480 e. The fourth-order valence-electron chi connectivity index (χ4n) is 2.04. The van der Waals surface area contributed by atoms with Gasteiger partial charge in [0.1, 0.15) is 18.7 Å². The Morgan fingerprint density at radius 1 is 1.16 bits per heavy atom. The average molecular weight is 352 g/mol. The molecule has 0 unspecified atom stereocenters. The van der Waals surface area contributed by atoms with Crippen LogP contribution in [0.15, 0.2) is 30.3 Å². The molecule has 2 amide bonds. The van der Waals surface area contributed by atoms with Gasteiger partial charge in [-0.25, -0.2) is 9.59 Å². The van der Waals surface area contributed by atoms with Gasteiger partial charge in [-0.1, -0.05) is 50.6 Å². The van der Waals surface area contributed by atoms with Gasteiger partial charge in [0.05, 0.1) is 6.61 Å². The molecular formula is C17H24N2O6. The van der Waals surface area contributed by atoms with Crippen LogP contribution in [-0.4, -0.2) is 46.9 Å². The van der Waals surface area contributed by atoms with Gasteiger partial charge in [-0.05, 0) is 11.5 Å². The van der Waals surface area contributed by atoms with Crippen LogP contribution in [-0.2, 0) is 20.9 Å². The lowest BCUT2D eigenvalue weighted by atomic mass is 9.98. The van der Waals surface area contributed by atoms with Crippen LogP contribution in [0.5, 0.6) is 0 Å². The quantitative estimate of drug-likeness (QED) is 0.523. The summed E-state index contributed by atoms with van der Waals surface area (Å²) in [7, 11) is 0. The number of carbonyl (C=O) groups excluding carboxylic acids is 2. The molecule has 0 saturated carbocycles. The van der Waals surface area contributed by atoms with Crippen molar-refractivity contribution in [3.05, 3.63) is 35.9 Å². The van der Waals surface area contributed by atoms with E-state index in [1.54, 1.807) is 19.1 Å². The van der Waals surface area contributed by atoms with Gasteiger partial charge in [-0.15, -0.1) is 0 Å². The number of nitrogens with one attached hydrogen (secondary N) is 2. The maximum absolute atomic E-state index is 12.3. The molecule has 8 heteroatoms. The zero-order valence-corrected chi connectivity index (χ0v) is 14.3. The molecule has 4 N–H and O–H groups in total. The van der Waals surface area contributed by atoms with Gasteiger partial charge in [0.15, 0.2) is 0 Å². The molecule has 0 bridgehead atoms. The number of carboxylic acid groups (broad SMARTS) is 1. The molecule has 1 aromatic carbocycles. The summed E-state index contributed by atoms with van der Waals surface area (Å²) in [5.74, 6) is -2.30. The SMILES string of the molecule is CC[C@@H](C)[C@@H](NC(=O)OCc1ccccc1)C(=O)N[C@@H](CO)C(=O)O. The second-order valence-corrected chi connectivity index (χ2v) is 5.65. The maximum atomic E-state index is 12.3. The van der Waals surface area contributed by atoms with Crippen LogP contribution in [0.3, 0.4) is 0 Å². The zero-order chi connectivity index (χ0) is 18.8. The van der Waals surface area contributed by atoms with E-state index in [1.165, 1.54) is 0 Å². The van der Waals surface area contributed by atoms with E-state index in [0.717, 1.165) is 5.56 Å². The van der Waals surface area contributed by atoms with Crippen molar-refractivity contribution in [2.45, 2.75) is 39.0 Å². The molecule has 0 aromatic heterocycles. The lowest BCUT2D eigenvalue weighted by Gasteiger charge is -2.24. The Morgan fingerprint density at radius 2 is 1.80 bits per heavy atom. The van der Waals surface area contributed by atoms with Crippen LogP contribution >= 0.6 is 0 Å². The Kier molecular flexibility index (Phi) is 8.42. The normalized spacial score (nSPS) is 14.0. The number of ether oxygens (including phenoxy) is 1. The second-order valence-electron chi connectivity index (χ2n) is 5.65. The van der Waals surface area contributed by atoms with Crippen LogP contribution < -0.4 is 10.6 Å². The number of rotatable bonds is 9. The third-order valence-corrected chi connectivity index (χ3v) is 3.78. The average Bonchev–Trinajstić information content (AvgIpc) is 2.62. The van der Waals surface area contributed by atoms with Crippen molar-refractivity contribution in [1.82, 2.24) is 10.6 Å². The van der Waals surface area contributed by atoms with Crippen LogP contribution in [0.25, 0.3) is 0 Å². The summed E-state index contributed by atoms with van der Waals surface area (Å²) in [6, 6.07) is 6.66. The summed E-state index contributed by atoms with van der Waals surface area (Å²) in [6.07, 6.45) is -0.200. The lowest BCUT2D eigenvalue weighted by Crippen LogP contribution is -2.55. The number of aliphatic hydroxyl groups excluding tert-OH is 1. The molecule has 138 valence electrons. The van der Waals surface area contributed by atoms with Crippen LogP contribution in [0.4, 0.5) is 4.79 Å². The monoisotopic (exact) mass is 352 g/mol. The summed E-state index contributed by atoms with van der Waals surface area (Å²) in [5, 5.41) is 22.6. The predicted molar refractivity (Wildman–Crippen MR) is 89.7 cm³/mol. The third kappa shape index (κ3) is 6.80. The largest absolute Gasteiger partial charge is 0.480 e. The molecule has 0 heterocycles. The van der Waals surface area contributed by atoms with Crippen molar-refractivity contribution in [2.24, 2.45) is 5.92 Å². The minimum atomic E-state index is -1.43. The van der Waals surface area contributed by atoms with Crippen LogP contribution in [0.1, 0.15) is 25.8 Å². The van der Waals surface area contributed by atoms with Gasteiger partial charge in [0.25, 0.3) is 0 Å². The van der Waals surface area contributed by atoms with E-state index >= 15 is 0 Å². The van der Waals surface area contributed by atoms with Crippen molar-refractivity contribution in [3.63, 3.8) is 0 Å². The first-order valence-corrected chi connectivity index (χ1v) is 8.00. The number of benzene rings is 1. The smallest absolute Gasteiger partial charge is 0.408 e. The highest BCUT2D eigenvalue weighted by molar-refractivity contribution is 5.89. The van der Waals surface area contributed by atoms with Gasteiger partial charge in [-0.3, -0.25) is 4.79 Å². The molecule has 3 atom stereocenters. The van der Waals surface area contributed by atoms with Gasteiger partial charge in [0, 0.05) is 0 Å². The molecule has 0 saturated heterocycles. The molecule has 8 nitrogen and oxygen atoms in total. The highest BCUT2D eigenvalue weighted by Crippen LogP contribution is 2.09. The fraction of sp³-hybridized carbons (Fsp3) is 0.471. The molecule has 0 fully saturated rings. The van der Waals surface area contributed by atoms with Gasteiger partial charge < -0.3 is 25.6 Å². The maximum Gasteiger partial charge on any atom is 0.408 e. The van der Waals surface area contributed by atoms with Crippen molar-refractivity contribution in [1.29, 1.82) is 0 Å². The van der Waals surface area contributed by atoms with Crippen LogP contribution in [0.2, 0.25) is 0 Å². The predicted octanol–water partition coefficient (Wildman–Crippen LogP) is 0.889. The van der Waals surface area contributed by atoms with Crippen molar-refractivity contribution < 1.29 is 29.3 Å². The first-order chi connectivity index (χ1) is 11.9. The van der Waals surface area contributed by atoms with E-state index in [9.17, 15) is 14.4 Å². The third-order valence-electron chi connectivity index (χ3n) is 3.78. The highest BCUT2D eigenvalue weighted by Gasteiger charge is 2.29. The Hall–Kier alpha value is -2.61. The van der Waals surface area contributed by atoms with E-state index in [-0.39, 0.29) is 12.5 Å². The summed E-state index contributed by atoms with van der Waals surface area (Å²) < 4.78 is 5.09. The molecule has 1 aromatic rings. The number of alkyl carbamates (subject to hydrolysis) is 1. The molecule has 25 heavy (non-hydrogen) atoms. The van der Waals surface area contributed by atoms with Crippen molar-refractivity contribution >= 4 is 18.0 Å². The molecule has 0 aliphatic carbocycles. The van der Waals surface area contributed by atoms with Gasteiger partial charge >= 0.3 is 12.1 Å². The Morgan fingerprint density at radius 3 is 2.32 bits per heavy atom. The molecule has 0 aliphatic rings. The van der Waals surface area contributed by atoms with Crippen molar-refractivity contribution in [2.75, 3.05) is 6.61 Å². The molecular weight excluding hydrogens is 328 g/mol. The molecule has 0 radical (unpaired) electrons. The number of carbonyl (C=O) groups is 3. The minimum absolute atomic E-state index is 0.0515. The zero-order valence-electron chi connectivity index (χ0n) is 14.3. The number of aliphatic hydroxyl groups is 1. The van der Waals surface area contributed by atoms with E-state index < -0.39 is 36.7 Å².